The van der Waals surface area contributed by atoms with Crippen LogP contribution in [0.25, 0.3) is 0 Å². The van der Waals surface area contributed by atoms with Crippen LogP contribution in [0.1, 0.15) is 11.5 Å². The Labute approximate surface area is 119 Å². The van der Waals surface area contributed by atoms with Gasteiger partial charge in [-0.1, -0.05) is 0 Å². The molecule has 0 unspecified atom stereocenters. The molecule has 8 heteroatoms. The van der Waals surface area contributed by atoms with E-state index in [1.807, 2.05) is 25.3 Å². The minimum atomic E-state index is 0.194. The van der Waals surface area contributed by atoms with Gasteiger partial charge in [0, 0.05) is 0 Å². The molecule has 1 rings (SSSR count). The van der Waals surface area contributed by atoms with Crippen LogP contribution in [0.15, 0.2) is 26.8 Å². The van der Waals surface area contributed by atoms with E-state index >= 15 is 0 Å². The first kappa shape index (κ1) is 16.3. The van der Waals surface area contributed by atoms with Crippen LogP contribution in [0.2, 0.25) is 0 Å². The molecule has 0 aromatic carbocycles. The zero-order valence-corrected chi connectivity index (χ0v) is 12.7. The second-order valence-electron chi connectivity index (χ2n) is 2.31. The second kappa shape index (κ2) is 10.4. The Balaban J connectivity index is 0.000000673. The summed E-state index contributed by atoms with van der Waals surface area (Å²) in [4.78, 5) is 0. The standard InChI is InChI=1S/C8H10N2OS2.2ClH.Fe/c1-6-3-4-7(11-6)5-9-10-8(12)13-2;;;/h3-5H,1-2H3,(H,10,12);2*1H;/q;;;+3/p-3/b9-5+;;;. The van der Waals surface area contributed by atoms with Gasteiger partial charge in [0.2, 0.25) is 0 Å². The van der Waals surface area contributed by atoms with E-state index < -0.39 is 0 Å². The Bertz CT molecular complexity index is 358. The van der Waals surface area contributed by atoms with Gasteiger partial charge < -0.3 is 17.0 Å². The monoisotopic (exact) mass is 339 g/mol. The molecular formula is C8H9Cl2FeN2OS2. The summed E-state index contributed by atoms with van der Waals surface area (Å²) in [6, 6.07) is 3.70. The number of furan rings is 1. The van der Waals surface area contributed by atoms with Gasteiger partial charge in [-0.15, -0.1) is 11.8 Å². The van der Waals surface area contributed by atoms with Crippen LogP contribution in [-0.4, -0.2) is 16.8 Å². The van der Waals surface area contributed by atoms with Crippen LogP contribution in [0.4, 0.5) is 0 Å². The van der Waals surface area contributed by atoms with Gasteiger partial charge in [-0.3, -0.25) is 0 Å². The van der Waals surface area contributed by atoms with Crippen LogP contribution in [0, 0.1) is 6.92 Å². The topological polar surface area (TPSA) is 37.9 Å². The van der Waals surface area contributed by atoms with Crippen molar-refractivity contribution in [2.24, 2.45) is 10.2 Å². The molecule has 0 N–H and O–H groups in total. The Hall–Kier alpha value is 0.289. The van der Waals surface area contributed by atoms with E-state index in [-0.39, 0.29) is 13.1 Å². The first-order chi connectivity index (χ1) is 7.63. The van der Waals surface area contributed by atoms with Crippen molar-refractivity contribution in [1.29, 1.82) is 0 Å². The summed E-state index contributed by atoms with van der Waals surface area (Å²) in [7, 11) is 9.53. The molecule has 0 aliphatic carbocycles. The van der Waals surface area contributed by atoms with Crippen molar-refractivity contribution in [2.45, 2.75) is 6.92 Å². The molecule has 0 saturated carbocycles. The zero-order valence-electron chi connectivity index (χ0n) is 8.46. The van der Waals surface area contributed by atoms with Gasteiger partial charge in [-0.2, -0.15) is 10.2 Å². The van der Waals surface area contributed by atoms with E-state index in [0.29, 0.717) is 10.1 Å². The van der Waals surface area contributed by atoms with Gasteiger partial charge in [0.15, 0.2) is 0 Å². The third-order valence-electron chi connectivity index (χ3n) is 1.26. The van der Waals surface area contributed by atoms with Gasteiger partial charge in [0.25, 0.3) is 0 Å². The fourth-order valence-corrected chi connectivity index (χ4v) is 0.872. The summed E-state index contributed by atoms with van der Waals surface area (Å²) >= 11 is 6.41. The summed E-state index contributed by atoms with van der Waals surface area (Å²) in [5.74, 6) is 1.54. The molecule has 1 aromatic heterocycles. The average molecular weight is 340 g/mol. The van der Waals surface area contributed by atoms with E-state index in [1.54, 1.807) is 0 Å². The summed E-state index contributed by atoms with van der Waals surface area (Å²) in [5, 5.41) is 7.52. The minimum absolute atomic E-state index is 0.194. The molecule has 0 bridgehead atoms. The fraction of sp³-hybridized carbons (Fsp3) is 0.250. The summed E-state index contributed by atoms with van der Waals surface area (Å²) in [6.07, 6.45) is 3.40. The van der Waals surface area contributed by atoms with Crippen LogP contribution >= 0.6 is 32.0 Å². The number of rotatable bonds is 2. The molecule has 91 valence electrons. The van der Waals surface area contributed by atoms with Gasteiger partial charge >= 0.3 is 33.3 Å². The molecule has 0 amide bonds. The molecular weight excluding hydrogens is 331 g/mol. The van der Waals surface area contributed by atoms with E-state index in [9.17, 15) is 0 Å². The number of nitrogens with zero attached hydrogens (tertiary/aromatic N) is 2. The van der Waals surface area contributed by atoms with Crippen LogP contribution < -0.4 is 0 Å². The molecule has 0 radical (unpaired) electrons. The first-order valence-electron chi connectivity index (χ1n) is 3.87. The summed E-state index contributed by atoms with van der Waals surface area (Å²) in [5.41, 5.74) is 0. The van der Waals surface area contributed by atoms with E-state index in [0.717, 1.165) is 5.76 Å². The van der Waals surface area contributed by atoms with Crippen molar-refractivity contribution in [1.82, 2.24) is 0 Å². The number of hydrogen-bond donors (Lipinski definition) is 0. The average Bonchev–Trinajstić information content (AvgIpc) is 2.65. The van der Waals surface area contributed by atoms with Crippen LogP contribution in [-0.2, 0) is 25.8 Å². The van der Waals surface area contributed by atoms with E-state index in [1.165, 1.54) is 18.0 Å². The van der Waals surface area contributed by atoms with Crippen molar-refractivity contribution >= 4 is 55.2 Å². The molecule has 0 spiro atoms. The maximum atomic E-state index is 5.24. The molecule has 1 heterocycles. The number of halogens is 2. The molecule has 0 atom stereocenters. The maximum absolute atomic E-state index is 5.24. The van der Waals surface area contributed by atoms with Crippen molar-refractivity contribution < 1.29 is 17.6 Å². The number of hydrogen-bond acceptors (Lipinski definition) is 5. The van der Waals surface area contributed by atoms with Crippen LogP contribution in [0.5, 0.6) is 0 Å². The predicted octanol–water partition coefficient (Wildman–Crippen LogP) is 3.56. The molecule has 1 aromatic rings. The van der Waals surface area contributed by atoms with Gasteiger partial charge in [-0.25, -0.2) is 0 Å². The van der Waals surface area contributed by atoms with Crippen LogP contribution in [0.3, 0.4) is 0 Å². The third kappa shape index (κ3) is 8.44. The van der Waals surface area contributed by atoms with Crippen molar-refractivity contribution in [2.75, 3.05) is 6.26 Å². The molecule has 0 saturated heterocycles. The van der Waals surface area contributed by atoms with E-state index in [4.69, 9.17) is 37.2 Å². The van der Waals surface area contributed by atoms with E-state index in [2.05, 4.69) is 10.2 Å². The normalized spacial score (nSPS) is 11.4. The quantitative estimate of drug-likeness (QED) is 0.272. The summed E-state index contributed by atoms with van der Waals surface area (Å²) < 4.78 is 5.75. The molecule has 0 fully saturated rings. The molecule has 16 heavy (non-hydrogen) atoms. The Morgan fingerprint density at radius 1 is 1.56 bits per heavy atom. The van der Waals surface area contributed by atoms with Gasteiger partial charge in [0.1, 0.15) is 11.5 Å². The second-order valence-corrected chi connectivity index (χ2v) is 5.58. The Morgan fingerprint density at radius 3 is 2.62 bits per heavy atom. The molecule has 3 nitrogen and oxygen atoms in total. The van der Waals surface area contributed by atoms with Gasteiger partial charge in [0.05, 0.1) is 6.21 Å². The molecule has 0 aliphatic rings. The third-order valence-corrected chi connectivity index (χ3v) is 2.27. The zero-order chi connectivity index (χ0) is 12.4. The number of thioether (sulfide) groups is 1. The number of aryl methyl sites for hydroxylation is 1. The van der Waals surface area contributed by atoms with Crippen molar-refractivity contribution in [3.8, 4) is 0 Å². The SMILES string of the molecule is CS/C([S-])=N/N=C/c1ccc(C)o1.[Cl][Fe+][Cl]. The fourth-order valence-electron chi connectivity index (χ4n) is 0.697. The van der Waals surface area contributed by atoms with Gasteiger partial charge in [-0.05, 0) is 29.7 Å². The Morgan fingerprint density at radius 2 is 2.19 bits per heavy atom. The summed E-state index contributed by atoms with van der Waals surface area (Å²) in [6.45, 7) is 1.88. The molecule has 0 aliphatic heterocycles. The predicted molar refractivity (Wildman–Crippen MR) is 71.1 cm³/mol. The first-order valence-corrected chi connectivity index (χ1v) is 8.54. The van der Waals surface area contributed by atoms with Crippen molar-refractivity contribution in [3.05, 3.63) is 23.7 Å². The Kier molecular flexibility index (Phi) is 10.6. The van der Waals surface area contributed by atoms with Crippen molar-refractivity contribution in [3.63, 3.8) is 0 Å².